The van der Waals surface area contributed by atoms with E-state index in [4.69, 9.17) is 5.11 Å². The Bertz CT molecular complexity index is 476. The number of fused-ring (bicyclic) bond motifs is 2. The van der Waals surface area contributed by atoms with Crippen molar-refractivity contribution in [2.45, 2.75) is 31.7 Å². The zero-order valence-corrected chi connectivity index (χ0v) is 9.37. The second kappa shape index (κ2) is 3.72. The summed E-state index contributed by atoms with van der Waals surface area (Å²) in [4.78, 5) is 11.0. The number of allylic oxidation sites excluding steroid dienone is 3. The van der Waals surface area contributed by atoms with E-state index in [0.717, 1.165) is 23.3 Å². The summed E-state index contributed by atoms with van der Waals surface area (Å²) in [7, 11) is 0. The third-order valence-electron chi connectivity index (χ3n) is 3.82. The SMILES string of the molecule is O=C(O)[C@H]1CCC2=C(C1)N[C@H]1CC=C(F)C=C21. The first kappa shape index (κ1) is 10.6. The zero-order chi connectivity index (χ0) is 12.0. The molecule has 1 heterocycles. The molecule has 90 valence electrons. The van der Waals surface area contributed by atoms with Crippen LogP contribution in [0.4, 0.5) is 4.39 Å². The van der Waals surface area contributed by atoms with E-state index in [1.807, 2.05) is 0 Å². The highest BCUT2D eigenvalue weighted by Crippen LogP contribution is 2.41. The van der Waals surface area contributed by atoms with Crippen LogP contribution in [-0.4, -0.2) is 17.1 Å². The Morgan fingerprint density at radius 2 is 2.35 bits per heavy atom. The van der Waals surface area contributed by atoms with Gasteiger partial charge in [-0.2, -0.15) is 0 Å². The first-order valence-corrected chi connectivity index (χ1v) is 5.94. The summed E-state index contributed by atoms with van der Waals surface area (Å²) in [6.45, 7) is 0. The number of carboxylic acids is 1. The van der Waals surface area contributed by atoms with Crippen molar-refractivity contribution in [1.82, 2.24) is 5.32 Å². The fourth-order valence-electron chi connectivity index (χ4n) is 2.93. The van der Waals surface area contributed by atoms with Crippen molar-refractivity contribution in [1.29, 1.82) is 0 Å². The molecule has 2 N–H and O–H groups in total. The van der Waals surface area contributed by atoms with Crippen LogP contribution in [0.3, 0.4) is 0 Å². The van der Waals surface area contributed by atoms with Gasteiger partial charge in [-0.1, -0.05) is 0 Å². The lowest BCUT2D eigenvalue weighted by Gasteiger charge is -2.20. The number of carboxylic acid groups (broad SMARTS) is 1. The molecule has 2 aliphatic carbocycles. The molecule has 2 atom stereocenters. The first-order chi connectivity index (χ1) is 8.15. The molecule has 0 amide bonds. The number of hydrogen-bond acceptors (Lipinski definition) is 2. The minimum Gasteiger partial charge on any atom is -0.481 e. The third kappa shape index (κ3) is 1.68. The highest BCUT2D eigenvalue weighted by molar-refractivity contribution is 5.71. The van der Waals surface area contributed by atoms with E-state index < -0.39 is 5.97 Å². The van der Waals surface area contributed by atoms with E-state index in [0.29, 0.717) is 19.3 Å². The molecule has 0 radical (unpaired) electrons. The molecule has 0 aromatic carbocycles. The number of halogens is 1. The molecular weight excluding hydrogens is 221 g/mol. The van der Waals surface area contributed by atoms with E-state index in [1.165, 1.54) is 0 Å². The second-order valence-electron chi connectivity index (χ2n) is 4.86. The summed E-state index contributed by atoms with van der Waals surface area (Å²) in [5.41, 5.74) is 3.20. The molecule has 17 heavy (non-hydrogen) atoms. The summed E-state index contributed by atoms with van der Waals surface area (Å²) in [6.07, 6.45) is 5.78. The van der Waals surface area contributed by atoms with Crippen molar-refractivity contribution in [2.75, 3.05) is 0 Å². The van der Waals surface area contributed by atoms with Crippen LogP contribution in [0.15, 0.2) is 34.8 Å². The van der Waals surface area contributed by atoms with Crippen LogP contribution < -0.4 is 5.32 Å². The minimum atomic E-state index is -0.730. The van der Waals surface area contributed by atoms with Gasteiger partial charge in [0.05, 0.1) is 12.0 Å². The molecule has 0 aromatic heterocycles. The number of hydrogen-bond donors (Lipinski definition) is 2. The van der Waals surface area contributed by atoms with Gasteiger partial charge >= 0.3 is 5.97 Å². The van der Waals surface area contributed by atoms with E-state index in [1.54, 1.807) is 12.2 Å². The molecule has 4 heteroatoms. The maximum absolute atomic E-state index is 13.2. The van der Waals surface area contributed by atoms with E-state index in [2.05, 4.69) is 5.32 Å². The number of nitrogens with one attached hydrogen (secondary N) is 1. The van der Waals surface area contributed by atoms with Crippen LogP contribution in [0.2, 0.25) is 0 Å². The summed E-state index contributed by atoms with van der Waals surface area (Å²) in [6, 6.07) is 0.159. The normalized spacial score (nSPS) is 31.1. The average molecular weight is 235 g/mol. The molecule has 0 bridgehead atoms. The molecule has 0 spiro atoms. The fraction of sp³-hybridized carbons (Fsp3) is 0.462. The smallest absolute Gasteiger partial charge is 0.306 e. The molecule has 0 fully saturated rings. The van der Waals surface area contributed by atoms with Gasteiger partial charge in [-0.3, -0.25) is 4.79 Å². The van der Waals surface area contributed by atoms with Crippen LogP contribution in [0, 0.1) is 5.92 Å². The topological polar surface area (TPSA) is 49.3 Å². The number of rotatable bonds is 1. The van der Waals surface area contributed by atoms with Crippen molar-refractivity contribution in [3.05, 3.63) is 34.8 Å². The third-order valence-corrected chi connectivity index (χ3v) is 3.82. The van der Waals surface area contributed by atoms with Crippen molar-refractivity contribution >= 4 is 5.97 Å². The van der Waals surface area contributed by atoms with E-state index in [-0.39, 0.29) is 17.8 Å². The molecule has 0 aromatic rings. The van der Waals surface area contributed by atoms with Crippen LogP contribution in [-0.2, 0) is 4.79 Å². The Labute approximate surface area is 98.7 Å². The van der Waals surface area contributed by atoms with Crippen molar-refractivity contribution in [3.63, 3.8) is 0 Å². The van der Waals surface area contributed by atoms with Gasteiger partial charge in [-0.05, 0) is 42.6 Å². The fourth-order valence-corrected chi connectivity index (χ4v) is 2.93. The number of carbonyl (C=O) groups is 1. The predicted molar refractivity (Wildman–Crippen MR) is 60.8 cm³/mol. The quantitative estimate of drug-likeness (QED) is 0.733. The number of aliphatic carboxylic acids is 1. The lowest BCUT2D eigenvalue weighted by atomic mass is 9.84. The maximum Gasteiger partial charge on any atom is 0.306 e. The minimum absolute atomic E-state index is 0.159. The van der Waals surface area contributed by atoms with Crippen LogP contribution in [0.1, 0.15) is 25.7 Å². The van der Waals surface area contributed by atoms with Gasteiger partial charge in [-0.15, -0.1) is 0 Å². The molecule has 0 saturated carbocycles. The highest BCUT2D eigenvalue weighted by atomic mass is 19.1. The van der Waals surface area contributed by atoms with Gasteiger partial charge in [0.2, 0.25) is 0 Å². The van der Waals surface area contributed by atoms with Crippen molar-refractivity contribution in [2.24, 2.45) is 5.92 Å². The molecule has 0 saturated heterocycles. The average Bonchev–Trinajstić information content (AvgIpc) is 2.66. The first-order valence-electron chi connectivity index (χ1n) is 5.94. The maximum atomic E-state index is 13.2. The molecule has 0 unspecified atom stereocenters. The Kier molecular flexibility index (Phi) is 2.31. The predicted octanol–water partition coefficient (Wildman–Crippen LogP) is 2.28. The van der Waals surface area contributed by atoms with Crippen molar-refractivity contribution in [3.8, 4) is 0 Å². The van der Waals surface area contributed by atoms with Crippen LogP contribution in [0.5, 0.6) is 0 Å². The van der Waals surface area contributed by atoms with Gasteiger partial charge in [0.25, 0.3) is 0 Å². The van der Waals surface area contributed by atoms with E-state index in [9.17, 15) is 9.18 Å². The van der Waals surface area contributed by atoms with Gasteiger partial charge in [-0.25, -0.2) is 4.39 Å². The lowest BCUT2D eigenvalue weighted by Crippen LogP contribution is -2.26. The molecule has 1 aliphatic heterocycles. The standard InChI is InChI=1S/C13H14FNO2/c14-8-2-4-11-10(6-8)9-3-1-7(13(16)17)5-12(9)15-11/h2,6-7,11,15H,1,3-5H2,(H,16,17)/t7-,11-/m0/s1. The molecule has 3 rings (SSSR count). The van der Waals surface area contributed by atoms with Gasteiger partial charge in [0.1, 0.15) is 5.83 Å². The molecular formula is C13H14FNO2. The van der Waals surface area contributed by atoms with Gasteiger partial charge in [0.15, 0.2) is 0 Å². The summed E-state index contributed by atoms with van der Waals surface area (Å²) >= 11 is 0. The van der Waals surface area contributed by atoms with Crippen LogP contribution >= 0.6 is 0 Å². The Balaban J connectivity index is 1.89. The largest absolute Gasteiger partial charge is 0.481 e. The Morgan fingerprint density at radius 3 is 3.12 bits per heavy atom. The monoisotopic (exact) mass is 235 g/mol. The zero-order valence-electron chi connectivity index (χ0n) is 9.37. The second-order valence-corrected chi connectivity index (χ2v) is 4.86. The molecule has 3 aliphatic rings. The summed E-state index contributed by atoms with van der Waals surface area (Å²) < 4.78 is 13.2. The summed E-state index contributed by atoms with van der Waals surface area (Å²) in [5.74, 6) is -1.20. The highest BCUT2D eigenvalue weighted by Gasteiger charge is 2.35. The molecule has 3 nitrogen and oxygen atoms in total. The Hall–Kier alpha value is -1.58. The van der Waals surface area contributed by atoms with Crippen LogP contribution in [0.25, 0.3) is 0 Å². The van der Waals surface area contributed by atoms with Crippen molar-refractivity contribution < 1.29 is 14.3 Å². The van der Waals surface area contributed by atoms with Gasteiger partial charge < -0.3 is 10.4 Å². The lowest BCUT2D eigenvalue weighted by molar-refractivity contribution is -0.142. The van der Waals surface area contributed by atoms with E-state index >= 15 is 0 Å². The summed E-state index contributed by atoms with van der Waals surface area (Å²) in [5, 5.41) is 12.4. The Morgan fingerprint density at radius 1 is 1.53 bits per heavy atom. The van der Waals surface area contributed by atoms with Gasteiger partial charge in [0, 0.05) is 12.1 Å².